The van der Waals surface area contributed by atoms with Crippen LogP contribution in [0, 0.1) is 0 Å². The third kappa shape index (κ3) is 4.91. The minimum absolute atomic E-state index is 0.300. The van der Waals surface area contributed by atoms with Crippen LogP contribution in [0.5, 0.6) is 5.75 Å². The van der Waals surface area contributed by atoms with E-state index in [4.69, 9.17) is 16.2 Å². The average Bonchev–Trinajstić information content (AvgIpc) is 2.60. The van der Waals surface area contributed by atoms with Gasteiger partial charge in [-0.1, -0.05) is 42.5 Å². The van der Waals surface area contributed by atoms with E-state index in [1.165, 1.54) is 0 Å². The number of para-hydroxylation sites is 1. The molecule has 0 saturated heterocycles. The minimum atomic E-state index is 0.300. The average molecular weight is 323 g/mol. The summed E-state index contributed by atoms with van der Waals surface area (Å²) < 4.78 is 5.90. The van der Waals surface area contributed by atoms with Crippen molar-refractivity contribution in [1.29, 1.82) is 0 Å². The fraction of sp³-hybridized carbons (Fsp3) is 0.105. The number of carbonyl (C=O) groups excluding carboxylic acids is 1. The summed E-state index contributed by atoms with van der Waals surface area (Å²) in [6, 6.07) is 15.2. The molecule has 0 radical (unpaired) electrons. The van der Waals surface area contributed by atoms with E-state index in [0.29, 0.717) is 18.8 Å². The van der Waals surface area contributed by atoms with E-state index in [-0.39, 0.29) is 0 Å². The maximum Gasteiger partial charge on any atom is 0.211 e. The number of anilines is 1. The predicted octanol–water partition coefficient (Wildman–Crippen LogP) is 3.00. The topological polar surface area (TPSA) is 90.4 Å². The number of benzene rings is 2. The Labute approximate surface area is 141 Å². The van der Waals surface area contributed by atoms with Crippen molar-refractivity contribution in [1.82, 2.24) is 0 Å². The van der Waals surface area contributed by atoms with Crippen molar-refractivity contribution in [3.63, 3.8) is 0 Å². The molecule has 0 aliphatic carbocycles. The summed E-state index contributed by atoms with van der Waals surface area (Å²) in [5, 5.41) is 2.60. The van der Waals surface area contributed by atoms with Crippen molar-refractivity contribution < 1.29 is 9.53 Å². The molecule has 0 bridgehead atoms. The monoisotopic (exact) mass is 323 g/mol. The van der Waals surface area contributed by atoms with Gasteiger partial charge in [0, 0.05) is 11.3 Å². The number of nitrogens with two attached hydrogens (primary N) is 2. The lowest BCUT2D eigenvalue weighted by Crippen LogP contribution is -2.09. The minimum Gasteiger partial charge on any atom is -0.488 e. The van der Waals surface area contributed by atoms with Gasteiger partial charge < -0.3 is 21.5 Å². The summed E-state index contributed by atoms with van der Waals surface area (Å²) in [6.45, 7) is 2.28. The second-order valence-electron chi connectivity index (χ2n) is 5.26. The number of rotatable bonds is 7. The van der Waals surface area contributed by atoms with E-state index >= 15 is 0 Å². The first-order valence-corrected chi connectivity index (χ1v) is 7.51. The number of nitrogens with one attached hydrogen (secondary N) is 1. The number of hydrogen-bond acceptors (Lipinski definition) is 4. The summed E-state index contributed by atoms with van der Waals surface area (Å²) in [6.07, 6.45) is 4.43. The Kier molecular flexibility index (Phi) is 6.02. The molecule has 2 aromatic rings. The number of allylic oxidation sites excluding steroid dienone is 2. The van der Waals surface area contributed by atoms with Crippen LogP contribution in [0.3, 0.4) is 0 Å². The van der Waals surface area contributed by atoms with E-state index < -0.39 is 0 Å². The summed E-state index contributed by atoms with van der Waals surface area (Å²) in [5.74, 6) is 1.07. The lowest BCUT2D eigenvalue weighted by Gasteiger charge is -2.10. The fourth-order valence-corrected chi connectivity index (χ4v) is 1.99. The number of hydrogen-bond donors (Lipinski definition) is 3. The van der Waals surface area contributed by atoms with Crippen molar-refractivity contribution in [3.8, 4) is 5.75 Å². The zero-order valence-electron chi connectivity index (χ0n) is 13.5. The number of carbonyl (C=O) groups is 1. The number of amides is 1. The van der Waals surface area contributed by atoms with Crippen molar-refractivity contribution in [2.24, 2.45) is 11.5 Å². The van der Waals surface area contributed by atoms with Crippen LogP contribution >= 0.6 is 0 Å². The highest BCUT2D eigenvalue weighted by atomic mass is 16.5. The summed E-state index contributed by atoms with van der Waals surface area (Å²) in [4.78, 5) is 10.4. The molecule has 0 heterocycles. The van der Waals surface area contributed by atoms with Gasteiger partial charge in [0.25, 0.3) is 0 Å². The molecule has 124 valence electrons. The Hall–Kier alpha value is -3.21. The van der Waals surface area contributed by atoms with E-state index in [1.54, 1.807) is 0 Å². The first-order chi connectivity index (χ1) is 11.6. The van der Waals surface area contributed by atoms with Crippen LogP contribution in [0.4, 0.5) is 5.69 Å². The van der Waals surface area contributed by atoms with E-state index in [1.807, 2.05) is 67.6 Å². The Balaban J connectivity index is 2.07. The maximum absolute atomic E-state index is 10.4. The van der Waals surface area contributed by atoms with Gasteiger partial charge in [-0.25, -0.2) is 0 Å². The molecule has 0 aromatic heterocycles. The highest BCUT2D eigenvalue weighted by Crippen LogP contribution is 2.22. The van der Waals surface area contributed by atoms with Gasteiger partial charge in [0.05, 0.1) is 5.82 Å². The Morgan fingerprint density at radius 2 is 1.83 bits per heavy atom. The van der Waals surface area contributed by atoms with Gasteiger partial charge in [-0.3, -0.25) is 4.79 Å². The van der Waals surface area contributed by atoms with Crippen LogP contribution in [0.15, 0.2) is 66.0 Å². The first-order valence-electron chi connectivity index (χ1n) is 7.51. The van der Waals surface area contributed by atoms with Crippen LogP contribution in [-0.4, -0.2) is 6.41 Å². The molecule has 0 saturated carbocycles. The van der Waals surface area contributed by atoms with E-state index in [0.717, 1.165) is 28.1 Å². The summed E-state index contributed by atoms with van der Waals surface area (Å²) in [5.41, 5.74) is 14.6. The Morgan fingerprint density at radius 1 is 1.12 bits per heavy atom. The molecule has 0 aliphatic rings. The molecule has 0 spiro atoms. The van der Waals surface area contributed by atoms with Gasteiger partial charge in [0.1, 0.15) is 12.4 Å². The van der Waals surface area contributed by atoms with E-state index in [9.17, 15) is 4.79 Å². The molecule has 0 atom stereocenters. The summed E-state index contributed by atoms with van der Waals surface area (Å²) >= 11 is 0. The second kappa shape index (κ2) is 8.43. The molecule has 2 rings (SSSR count). The molecule has 1 amide bonds. The van der Waals surface area contributed by atoms with Gasteiger partial charge in [0.15, 0.2) is 0 Å². The highest BCUT2D eigenvalue weighted by Gasteiger charge is 2.01. The van der Waals surface area contributed by atoms with Gasteiger partial charge in [-0.15, -0.1) is 0 Å². The van der Waals surface area contributed by atoms with Crippen LogP contribution in [-0.2, 0) is 11.4 Å². The Bertz CT molecular complexity index is 745. The van der Waals surface area contributed by atoms with Crippen LogP contribution in [0.25, 0.3) is 6.08 Å². The zero-order chi connectivity index (χ0) is 17.4. The molecule has 5 N–H and O–H groups in total. The highest BCUT2D eigenvalue weighted by molar-refractivity contribution is 5.71. The van der Waals surface area contributed by atoms with Crippen LogP contribution in [0.2, 0.25) is 0 Å². The first kappa shape index (κ1) is 17.1. The van der Waals surface area contributed by atoms with Gasteiger partial charge >= 0.3 is 0 Å². The SMILES string of the molecule is CC(/C=C/c1ccccc1OCc1ccc(NC=O)cc1)=C(N)N. The largest absolute Gasteiger partial charge is 0.488 e. The molecule has 0 aliphatic heterocycles. The van der Waals surface area contributed by atoms with Crippen molar-refractivity contribution in [3.05, 3.63) is 77.1 Å². The van der Waals surface area contributed by atoms with Gasteiger partial charge in [-0.2, -0.15) is 0 Å². The zero-order valence-corrected chi connectivity index (χ0v) is 13.5. The molecular weight excluding hydrogens is 302 g/mol. The normalized spacial score (nSPS) is 10.4. The molecule has 0 fully saturated rings. The molecular formula is C19H21N3O2. The smallest absolute Gasteiger partial charge is 0.211 e. The Morgan fingerprint density at radius 3 is 2.50 bits per heavy atom. The second-order valence-corrected chi connectivity index (χ2v) is 5.26. The quantitative estimate of drug-likeness (QED) is 0.539. The van der Waals surface area contributed by atoms with Crippen molar-refractivity contribution in [2.45, 2.75) is 13.5 Å². The molecule has 5 nitrogen and oxygen atoms in total. The lowest BCUT2D eigenvalue weighted by molar-refractivity contribution is -0.105. The van der Waals surface area contributed by atoms with Crippen LogP contribution in [0.1, 0.15) is 18.1 Å². The third-order valence-corrected chi connectivity index (χ3v) is 3.46. The van der Waals surface area contributed by atoms with Crippen molar-refractivity contribution >= 4 is 18.2 Å². The molecule has 0 unspecified atom stereocenters. The van der Waals surface area contributed by atoms with Crippen molar-refractivity contribution in [2.75, 3.05) is 5.32 Å². The third-order valence-electron chi connectivity index (χ3n) is 3.46. The number of ether oxygens (including phenoxy) is 1. The lowest BCUT2D eigenvalue weighted by atomic mass is 10.1. The fourth-order valence-electron chi connectivity index (χ4n) is 1.99. The molecule has 2 aromatic carbocycles. The van der Waals surface area contributed by atoms with Gasteiger partial charge in [-0.05, 0) is 36.3 Å². The maximum atomic E-state index is 10.4. The summed E-state index contributed by atoms with van der Waals surface area (Å²) in [7, 11) is 0. The van der Waals surface area contributed by atoms with Crippen LogP contribution < -0.4 is 21.5 Å². The standard InChI is InChI=1S/C19H21N3O2/c1-14(19(20)21)6-9-16-4-2-3-5-18(16)24-12-15-7-10-17(11-8-15)22-13-23/h2-11,13H,12,20-21H2,1H3,(H,22,23)/b9-6+. The predicted molar refractivity (Wildman–Crippen MR) is 97.0 cm³/mol. The van der Waals surface area contributed by atoms with E-state index in [2.05, 4.69) is 5.32 Å². The molecule has 5 heteroatoms. The van der Waals surface area contributed by atoms with Gasteiger partial charge in [0.2, 0.25) is 6.41 Å². The molecule has 24 heavy (non-hydrogen) atoms.